The number of benzene rings is 1. The predicted molar refractivity (Wildman–Crippen MR) is 56.5 cm³/mol. The third-order valence-electron chi connectivity index (χ3n) is 1.94. The Labute approximate surface area is 94.8 Å². The monoisotopic (exact) mass is 281 g/mol. The molecule has 1 rings (SSSR count). The number of halogens is 4. The Hall–Kier alpha value is -0.550. The summed E-state index contributed by atoms with van der Waals surface area (Å²) in [6.45, 7) is 2.73. The lowest BCUT2D eigenvalue weighted by molar-refractivity contribution is -0.138. The second-order valence-electron chi connectivity index (χ2n) is 3.08. The van der Waals surface area contributed by atoms with Crippen LogP contribution in [0.25, 0.3) is 0 Å². The molecule has 15 heavy (non-hydrogen) atoms. The maximum atomic E-state index is 12.6. The SMILES string of the molecule is CCNCc1ccc(Br)cc1C(F)(F)F. The number of hydrogen-bond acceptors (Lipinski definition) is 1. The summed E-state index contributed by atoms with van der Waals surface area (Å²) in [7, 11) is 0. The third-order valence-corrected chi connectivity index (χ3v) is 2.44. The molecular weight excluding hydrogens is 271 g/mol. The van der Waals surface area contributed by atoms with E-state index < -0.39 is 11.7 Å². The van der Waals surface area contributed by atoms with Crippen LogP contribution in [0.4, 0.5) is 13.2 Å². The molecule has 0 saturated carbocycles. The highest BCUT2D eigenvalue weighted by atomic mass is 79.9. The summed E-state index contributed by atoms with van der Waals surface area (Å²) < 4.78 is 38.3. The van der Waals surface area contributed by atoms with E-state index in [0.717, 1.165) is 6.07 Å². The van der Waals surface area contributed by atoms with Gasteiger partial charge in [0.1, 0.15) is 0 Å². The van der Waals surface area contributed by atoms with Gasteiger partial charge in [0.05, 0.1) is 5.56 Å². The molecule has 0 amide bonds. The number of nitrogens with one attached hydrogen (secondary N) is 1. The molecule has 1 aromatic rings. The fourth-order valence-electron chi connectivity index (χ4n) is 1.23. The highest BCUT2D eigenvalue weighted by molar-refractivity contribution is 9.10. The van der Waals surface area contributed by atoms with Crippen molar-refractivity contribution >= 4 is 15.9 Å². The molecule has 0 unspecified atom stereocenters. The molecule has 0 bridgehead atoms. The molecule has 84 valence electrons. The lowest BCUT2D eigenvalue weighted by Crippen LogP contribution is -2.17. The van der Waals surface area contributed by atoms with Gasteiger partial charge < -0.3 is 5.32 Å². The molecule has 0 spiro atoms. The zero-order chi connectivity index (χ0) is 11.5. The average molecular weight is 282 g/mol. The van der Waals surface area contributed by atoms with E-state index in [0.29, 0.717) is 11.0 Å². The van der Waals surface area contributed by atoms with Crippen molar-refractivity contribution in [2.45, 2.75) is 19.6 Å². The first-order valence-corrected chi connectivity index (χ1v) is 5.30. The van der Waals surface area contributed by atoms with E-state index in [1.54, 1.807) is 6.07 Å². The summed E-state index contributed by atoms with van der Waals surface area (Å²) in [5.74, 6) is 0. The van der Waals surface area contributed by atoms with Gasteiger partial charge in [0.15, 0.2) is 0 Å². The van der Waals surface area contributed by atoms with Gasteiger partial charge in [-0.2, -0.15) is 13.2 Å². The minimum Gasteiger partial charge on any atom is -0.313 e. The predicted octanol–water partition coefficient (Wildman–Crippen LogP) is 3.58. The largest absolute Gasteiger partial charge is 0.416 e. The Balaban J connectivity index is 3.04. The van der Waals surface area contributed by atoms with Crippen LogP contribution in [0.5, 0.6) is 0 Å². The van der Waals surface area contributed by atoms with E-state index >= 15 is 0 Å². The van der Waals surface area contributed by atoms with Crippen LogP contribution in [0.3, 0.4) is 0 Å². The fraction of sp³-hybridized carbons (Fsp3) is 0.400. The van der Waals surface area contributed by atoms with E-state index in [9.17, 15) is 13.2 Å². The van der Waals surface area contributed by atoms with Crippen molar-refractivity contribution in [3.8, 4) is 0 Å². The average Bonchev–Trinajstić information content (AvgIpc) is 2.14. The molecule has 0 aliphatic carbocycles. The first-order chi connectivity index (χ1) is 6.95. The molecule has 1 N–H and O–H groups in total. The zero-order valence-corrected chi connectivity index (χ0v) is 9.74. The van der Waals surface area contributed by atoms with Gasteiger partial charge in [-0.3, -0.25) is 0 Å². The number of alkyl halides is 3. The summed E-state index contributed by atoms with van der Waals surface area (Å²) >= 11 is 3.04. The van der Waals surface area contributed by atoms with Crippen molar-refractivity contribution in [3.63, 3.8) is 0 Å². The zero-order valence-electron chi connectivity index (χ0n) is 8.16. The van der Waals surface area contributed by atoms with Crippen LogP contribution in [0.15, 0.2) is 22.7 Å². The van der Waals surface area contributed by atoms with E-state index in [1.165, 1.54) is 6.07 Å². The maximum absolute atomic E-state index is 12.6. The van der Waals surface area contributed by atoms with Gasteiger partial charge in [-0.05, 0) is 24.2 Å². The number of rotatable bonds is 3. The van der Waals surface area contributed by atoms with Gasteiger partial charge in [-0.1, -0.05) is 28.9 Å². The van der Waals surface area contributed by atoms with Crippen molar-refractivity contribution in [3.05, 3.63) is 33.8 Å². The topological polar surface area (TPSA) is 12.0 Å². The van der Waals surface area contributed by atoms with Crippen molar-refractivity contribution in [1.82, 2.24) is 5.32 Å². The molecule has 0 atom stereocenters. The van der Waals surface area contributed by atoms with Crippen molar-refractivity contribution in [1.29, 1.82) is 0 Å². The Morgan fingerprint density at radius 2 is 2.00 bits per heavy atom. The van der Waals surface area contributed by atoms with Gasteiger partial charge in [-0.25, -0.2) is 0 Å². The van der Waals surface area contributed by atoms with Crippen molar-refractivity contribution < 1.29 is 13.2 Å². The van der Waals surface area contributed by atoms with Gasteiger partial charge in [-0.15, -0.1) is 0 Å². The van der Waals surface area contributed by atoms with Crippen LogP contribution >= 0.6 is 15.9 Å². The van der Waals surface area contributed by atoms with E-state index in [2.05, 4.69) is 21.2 Å². The van der Waals surface area contributed by atoms with E-state index in [4.69, 9.17) is 0 Å². The summed E-state index contributed by atoms with van der Waals surface area (Å²) in [6, 6.07) is 4.20. The first-order valence-electron chi connectivity index (χ1n) is 4.51. The molecule has 0 aliphatic heterocycles. The van der Waals surface area contributed by atoms with Crippen LogP contribution < -0.4 is 5.32 Å². The van der Waals surface area contributed by atoms with Gasteiger partial charge >= 0.3 is 6.18 Å². The molecule has 0 fully saturated rings. The smallest absolute Gasteiger partial charge is 0.313 e. The Morgan fingerprint density at radius 1 is 1.33 bits per heavy atom. The lowest BCUT2D eigenvalue weighted by Gasteiger charge is -2.13. The summed E-state index contributed by atoms with van der Waals surface area (Å²) in [4.78, 5) is 0. The summed E-state index contributed by atoms with van der Waals surface area (Å²) in [6.07, 6.45) is -4.30. The minimum absolute atomic E-state index is 0.235. The van der Waals surface area contributed by atoms with Crippen LogP contribution in [-0.4, -0.2) is 6.54 Å². The highest BCUT2D eigenvalue weighted by Crippen LogP contribution is 2.33. The molecule has 5 heteroatoms. The molecular formula is C10H11BrF3N. The normalized spacial score (nSPS) is 11.8. The van der Waals surface area contributed by atoms with Gasteiger partial charge in [0.2, 0.25) is 0 Å². The Bertz CT molecular complexity index is 336. The molecule has 1 aromatic carbocycles. The first kappa shape index (κ1) is 12.5. The highest BCUT2D eigenvalue weighted by Gasteiger charge is 2.33. The molecule has 0 radical (unpaired) electrons. The fourth-order valence-corrected chi connectivity index (χ4v) is 1.59. The minimum atomic E-state index is -4.30. The van der Waals surface area contributed by atoms with Gasteiger partial charge in [0.25, 0.3) is 0 Å². The molecule has 0 aliphatic rings. The standard InChI is InChI=1S/C10H11BrF3N/c1-2-15-6-7-3-4-8(11)5-9(7)10(12,13)14/h3-5,15H,2,6H2,1H3. The quantitative estimate of drug-likeness (QED) is 0.893. The van der Waals surface area contributed by atoms with Gasteiger partial charge in [0, 0.05) is 11.0 Å². The molecule has 1 nitrogen and oxygen atoms in total. The Kier molecular flexibility index (Phi) is 4.16. The Morgan fingerprint density at radius 3 is 2.53 bits per heavy atom. The second-order valence-corrected chi connectivity index (χ2v) is 4.00. The summed E-state index contributed by atoms with van der Waals surface area (Å²) in [5.41, 5.74) is -0.314. The van der Waals surface area contributed by atoms with E-state index in [-0.39, 0.29) is 12.1 Å². The van der Waals surface area contributed by atoms with Crippen LogP contribution in [0, 0.1) is 0 Å². The second kappa shape index (κ2) is 4.99. The lowest BCUT2D eigenvalue weighted by atomic mass is 10.1. The summed E-state index contributed by atoms with van der Waals surface area (Å²) in [5, 5.41) is 2.88. The maximum Gasteiger partial charge on any atom is 0.416 e. The van der Waals surface area contributed by atoms with E-state index in [1.807, 2.05) is 6.92 Å². The molecule has 0 saturated heterocycles. The molecule has 0 heterocycles. The van der Waals surface area contributed by atoms with Crippen LogP contribution in [0.1, 0.15) is 18.1 Å². The van der Waals surface area contributed by atoms with Crippen molar-refractivity contribution in [2.75, 3.05) is 6.54 Å². The van der Waals surface area contributed by atoms with Crippen LogP contribution in [0.2, 0.25) is 0 Å². The number of hydrogen-bond donors (Lipinski definition) is 1. The molecule has 0 aromatic heterocycles. The third kappa shape index (κ3) is 3.50. The van der Waals surface area contributed by atoms with Crippen LogP contribution in [-0.2, 0) is 12.7 Å². The van der Waals surface area contributed by atoms with Crippen molar-refractivity contribution in [2.24, 2.45) is 0 Å².